The summed E-state index contributed by atoms with van der Waals surface area (Å²) in [6.07, 6.45) is 1.31. The topological polar surface area (TPSA) is 60.2 Å². The van der Waals surface area contributed by atoms with E-state index in [-0.39, 0.29) is 12.4 Å². The molecule has 0 bridgehead atoms. The first-order chi connectivity index (χ1) is 12.6. The third-order valence-electron chi connectivity index (χ3n) is 4.10. The molecule has 1 N–H and O–H groups in total. The Morgan fingerprint density at radius 1 is 1.19 bits per heavy atom. The fourth-order valence-corrected chi connectivity index (χ4v) is 2.71. The second-order valence-electron chi connectivity index (χ2n) is 6.20. The third-order valence-corrected chi connectivity index (χ3v) is 4.47. The summed E-state index contributed by atoms with van der Waals surface area (Å²) >= 11 is 6.17. The van der Waals surface area contributed by atoms with Crippen molar-refractivity contribution in [3.05, 3.63) is 76.4 Å². The SMILES string of the molecule is CNC(C)Cc1noc(Cc2cccc(OCc3ccccc3Cl)c2)n1.Cl. The molecule has 0 radical (unpaired) electrons. The number of aromatic nitrogens is 2. The molecule has 0 saturated heterocycles. The lowest BCUT2D eigenvalue weighted by molar-refractivity contribution is 0.306. The van der Waals surface area contributed by atoms with E-state index in [1.165, 1.54) is 0 Å². The zero-order valence-corrected chi connectivity index (χ0v) is 16.9. The van der Waals surface area contributed by atoms with Crippen molar-refractivity contribution in [1.82, 2.24) is 15.5 Å². The molecule has 5 nitrogen and oxygen atoms in total. The predicted molar refractivity (Wildman–Crippen MR) is 109 cm³/mol. The summed E-state index contributed by atoms with van der Waals surface area (Å²) in [6, 6.07) is 15.9. The van der Waals surface area contributed by atoms with Crippen LogP contribution in [0.25, 0.3) is 0 Å². The Morgan fingerprint density at radius 3 is 2.78 bits per heavy atom. The van der Waals surface area contributed by atoms with Gasteiger partial charge in [0.05, 0.1) is 6.42 Å². The van der Waals surface area contributed by atoms with Gasteiger partial charge in [0.25, 0.3) is 0 Å². The first-order valence-electron chi connectivity index (χ1n) is 8.58. The van der Waals surface area contributed by atoms with Crippen LogP contribution in [0.5, 0.6) is 5.75 Å². The highest BCUT2D eigenvalue weighted by Crippen LogP contribution is 2.20. The molecule has 1 atom stereocenters. The maximum absolute atomic E-state index is 6.17. The van der Waals surface area contributed by atoms with Gasteiger partial charge in [-0.3, -0.25) is 0 Å². The molecule has 0 saturated carbocycles. The highest BCUT2D eigenvalue weighted by Gasteiger charge is 2.10. The van der Waals surface area contributed by atoms with Crippen molar-refractivity contribution in [2.75, 3.05) is 7.05 Å². The molecule has 27 heavy (non-hydrogen) atoms. The maximum atomic E-state index is 6.17. The molecule has 0 fully saturated rings. The van der Waals surface area contributed by atoms with E-state index in [9.17, 15) is 0 Å². The molecular formula is C20H23Cl2N3O2. The Morgan fingerprint density at radius 2 is 2.00 bits per heavy atom. The lowest BCUT2D eigenvalue weighted by atomic mass is 10.1. The number of ether oxygens (including phenoxy) is 1. The standard InChI is InChI=1S/C20H22ClN3O2.ClH/c1-14(22-2)10-19-23-20(26-24-19)12-15-6-5-8-17(11-15)25-13-16-7-3-4-9-18(16)21;/h3-9,11,14,22H,10,12-13H2,1-2H3;1H. The Bertz CT molecular complexity index is 855. The molecule has 0 spiro atoms. The third kappa shape index (κ3) is 6.24. The lowest BCUT2D eigenvalue weighted by Gasteiger charge is -2.08. The van der Waals surface area contributed by atoms with Crippen LogP contribution in [0.2, 0.25) is 5.02 Å². The van der Waals surface area contributed by atoms with Gasteiger partial charge < -0.3 is 14.6 Å². The van der Waals surface area contributed by atoms with Gasteiger partial charge in [-0.15, -0.1) is 12.4 Å². The minimum absolute atomic E-state index is 0. The predicted octanol–water partition coefficient (Wildman–Crippen LogP) is 4.47. The van der Waals surface area contributed by atoms with Gasteiger partial charge in [-0.05, 0) is 37.7 Å². The van der Waals surface area contributed by atoms with Crippen LogP contribution in [-0.2, 0) is 19.4 Å². The van der Waals surface area contributed by atoms with Crippen molar-refractivity contribution in [3.63, 3.8) is 0 Å². The van der Waals surface area contributed by atoms with E-state index in [1.807, 2.05) is 55.6 Å². The number of hydrogen-bond donors (Lipinski definition) is 1. The Labute approximate surface area is 170 Å². The van der Waals surface area contributed by atoms with Crippen molar-refractivity contribution in [2.45, 2.75) is 32.4 Å². The van der Waals surface area contributed by atoms with Gasteiger partial charge in [0.15, 0.2) is 5.82 Å². The van der Waals surface area contributed by atoms with E-state index in [1.54, 1.807) is 0 Å². The summed E-state index contributed by atoms with van der Waals surface area (Å²) in [6.45, 7) is 2.51. The zero-order valence-electron chi connectivity index (χ0n) is 15.3. The van der Waals surface area contributed by atoms with Crippen LogP contribution in [0.1, 0.15) is 29.8 Å². The van der Waals surface area contributed by atoms with Gasteiger partial charge in [0.1, 0.15) is 12.4 Å². The molecule has 0 aliphatic carbocycles. The molecule has 1 unspecified atom stereocenters. The van der Waals surface area contributed by atoms with Crippen molar-refractivity contribution < 1.29 is 9.26 Å². The molecule has 144 valence electrons. The molecule has 3 aromatic rings. The summed E-state index contributed by atoms with van der Waals surface area (Å²) in [5.74, 6) is 2.10. The summed E-state index contributed by atoms with van der Waals surface area (Å²) in [7, 11) is 1.92. The van der Waals surface area contributed by atoms with E-state index in [4.69, 9.17) is 20.9 Å². The van der Waals surface area contributed by atoms with E-state index in [0.717, 1.165) is 23.3 Å². The normalized spacial score (nSPS) is 11.7. The van der Waals surface area contributed by atoms with Gasteiger partial charge in [-0.1, -0.05) is 47.1 Å². The van der Waals surface area contributed by atoms with Crippen LogP contribution < -0.4 is 10.1 Å². The summed E-state index contributed by atoms with van der Waals surface area (Å²) < 4.78 is 11.2. The molecule has 3 rings (SSSR count). The highest BCUT2D eigenvalue weighted by atomic mass is 35.5. The minimum atomic E-state index is 0. The van der Waals surface area contributed by atoms with Crippen molar-refractivity contribution in [2.24, 2.45) is 0 Å². The van der Waals surface area contributed by atoms with Gasteiger partial charge in [-0.25, -0.2) is 0 Å². The monoisotopic (exact) mass is 407 g/mol. The molecule has 1 heterocycles. The van der Waals surface area contributed by atoms with E-state index < -0.39 is 0 Å². The number of benzene rings is 2. The Kier molecular flexibility index (Phi) is 8.10. The minimum Gasteiger partial charge on any atom is -0.489 e. The highest BCUT2D eigenvalue weighted by molar-refractivity contribution is 6.31. The molecule has 7 heteroatoms. The van der Waals surface area contributed by atoms with E-state index in [0.29, 0.717) is 35.8 Å². The van der Waals surface area contributed by atoms with Crippen LogP contribution in [0.4, 0.5) is 0 Å². The summed E-state index contributed by atoms with van der Waals surface area (Å²) in [5.41, 5.74) is 2.01. The fourth-order valence-electron chi connectivity index (χ4n) is 2.52. The Hall–Kier alpha value is -2.08. The molecule has 0 aliphatic heterocycles. The van der Waals surface area contributed by atoms with E-state index >= 15 is 0 Å². The number of rotatable bonds is 8. The van der Waals surface area contributed by atoms with Gasteiger partial charge >= 0.3 is 0 Å². The molecule has 2 aromatic carbocycles. The maximum Gasteiger partial charge on any atom is 0.231 e. The van der Waals surface area contributed by atoms with Gasteiger partial charge in [-0.2, -0.15) is 4.98 Å². The number of likely N-dealkylation sites (N-methyl/N-ethyl adjacent to an activating group) is 1. The number of halogens is 2. The average molecular weight is 408 g/mol. The molecular weight excluding hydrogens is 385 g/mol. The Balaban J connectivity index is 0.00000261. The van der Waals surface area contributed by atoms with Gasteiger partial charge in [0.2, 0.25) is 5.89 Å². The quantitative estimate of drug-likeness (QED) is 0.596. The molecule has 1 aromatic heterocycles. The number of nitrogens with one attached hydrogen (secondary N) is 1. The van der Waals surface area contributed by atoms with Crippen molar-refractivity contribution in [3.8, 4) is 5.75 Å². The van der Waals surface area contributed by atoms with Crippen molar-refractivity contribution in [1.29, 1.82) is 0 Å². The first-order valence-corrected chi connectivity index (χ1v) is 8.95. The average Bonchev–Trinajstić information content (AvgIpc) is 3.08. The second-order valence-corrected chi connectivity index (χ2v) is 6.61. The summed E-state index contributed by atoms with van der Waals surface area (Å²) in [4.78, 5) is 4.45. The van der Waals surface area contributed by atoms with Crippen LogP contribution in [0.3, 0.4) is 0 Å². The van der Waals surface area contributed by atoms with Crippen LogP contribution in [0.15, 0.2) is 53.1 Å². The van der Waals surface area contributed by atoms with Crippen LogP contribution in [0, 0.1) is 0 Å². The lowest BCUT2D eigenvalue weighted by Crippen LogP contribution is -2.24. The zero-order chi connectivity index (χ0) is 18.4. The van der Waals surface area contributed by atoms with Crippen molar-refractivity contribution >= 4 is 24.0 Å². The smallest absolute Gasteiger partial charge is 0.231 e. The fraction of sp³-hybridized carbons (Fsp3) is 0.300. The second kappa shape index (κ2) is 10.3. The largest absolute Gasteiger partial charge is 0.489 e. The molecule has 0 amide bonds. The van der Waals surface area contributed by atoms with E-state index in [2.05, 4.69) is 22.4 Å². The molecule has 0 aliphatic rings. The van der Waals surface area contributed by atoms with Gasteiger partial charge in [0, 0.05) is 23.0 Å². The van der Waals surface area contributed by atoms with Crippen LogP contribution >= 0.6 is 24.0 Å². The summed E-state index contributed by atoms with van der Waals surface area (Å²) in [5, 5.41) is 7.91. The number of hydrogen-bond acceptors (Lipinski definition) is 5. The van der Waals surface area contributed by atoms with Crippen LogP contribution in [-0.4, -0.2) is 23.2 Å². The number of nitrogens with zero attached hydrogens (tertiary/aromatic N) is 2. The first kappa shape index (κ1) is 21.2.